The minimum atomic E-state index is -0.260. The maximum Gasteiger partial charge on any atom is 0.258 e. The van der Waals surface area contributed by atoms with Gasteiger partial charge in [0.1, 0.15) is 5.76 Å². The third-order valence-corrected chi connectivity index (χ3v) is 5.16. The van der Waals surface area contributed by atoms with Gasteiger partial charge in [-0.05, 0) is 43.5 Å². The fraction of sp³-hybridized carbons (Fsp3) is 0.364. The Balaban J connectivity index is 1.70. The Hall–Kier alpha value is -3.26. The van der Waals surface area contributed by atoms with Crippen LogP contribution >= 0.6 is 0 Å². The molecule has 8 heteroatoms. The molecule has 3 aromatic heterocycles. The quantitative estimate of drug-likeness (QED) is 0.643. The maximum absolute atomic E-state index is 13.4. The fourth-order valence-corrected chi connectivity index (χ4v) is 3.63. The molecule has 1 aliphatic rings. The Morgan fingerprint density at radius 3 is 2.73 bits per heavy atom. The summed E-state index contributed by atoms with van der Waals surface area (Å²) in [7, 11) is 0. The average Bonchev–Trinajstić information content (AvgIpc) is 3.32. The van der Waals surface area contributed by atoms with Gasteiger partial charge in [0.25, 0.3) is 5.91 Å². The molecule has 0 bridgehead atoms. The predicted octanol–water partition coefficient (Wildman–Crippen LogP) is 2.76. The van der Waals surface area contributed by atoms with Crippen molar-refractivity contribution in [2.24, 2.45) is 0 Å². The highest BCUT2D eigenvalue weighted by atomic mass is 16.3. The van der Waals surface area contributed by atoms with E-state index in [2.05, 4.69) is 14.9 Å². The Labute approximate surface area is 175 Å². The van der Waals surface area contributed by atoms with E-state index >= 15 is 0 Å². The summed E-state index contributed by atoms with van der Waals surface area (Å²) in [4.78, 5) is 30.6. The molecule has 156 valence electrons. The van der Waals surface area contributed by atoms with Gasteiger partial charge in [-0.3, -0.25) is 9.78 Å². The van der Waals surface area contributed by atoms with E-state index < -0.39 is 0 Å². The molecule has 0 atom stereocenters. The first-order valence-electron chi connectivity index (χ1n) is 10.2. The highest BCUT2D eigenvalue weighted by Gasteiger charge is 2.24. The second-order valence-electron chi connectivity index (χ2n) is 7.25. The van der Waals surface area contributed by atoms with E-state index in [0.717, 1.165) is 31.5 Å². The molecule has 1 amide bonds. The molecule has 0 spiro atoms. The van der Waals surface area contributed by atoms with Crippen LogP contribution in [0.4, 0.5) is 5.95 Å². The van der Waals surface area contributed by atoms with Crippen molar-refractivity contribution in [3.8, 4) is 11.3 Å². The summed E-state index contributed by atoms with van der Waals surface area (Å²) >= 11 is 0. The Kier molecular flexibility index (Phi) is 6.34. The molecule has 3 aromatic rings. The topological polar surface area (TPSA) is 95.6 Å². The summed E-state index contributed by atoms with van der Waals surface area (Å²) < 4.78 is 5.39. The van der Waals surface area contributed by atoms with Crippen LogP contribution in [0.15, 0.2) is 53.5 Å². The van der Waals surface area contributed by atoms with Gasteiger partial charge in [-0.25, -0.2) is 9.97 Å². The number of furan rings is 1. The Morgan fingerprint density at radius 2 is 2.03 bits per heavy atom. The molecule has 1 saturated heterocycles. The predicted molar refractivity (Wildman–Crippen MR) is 112 cm³/mol. The van der Waals surface area contributed by atoms with Crippen molar-refractivity contribution in [3.63, 3.8) is 0 Å². The van der Waals surface area contributed by atoms with Crippen LogP contribution in [0.5, 0.6) is 0 Å². The van der Waals surface area contributed by atoms with Gasteiger partial charge in [0.15, 0.2) is 0 Å². The minimum absolute atomic E-state index is 0.151. The highest BCUT2D eigenvalue weighted by molar-refractivity contribution is 5.99. The van der Waals surface area contributed by atoms with Crippen LogP contribution in [-0.4, -0.2) is 57.1 Å². The van der Waals surface area contributed by atoms with Gasteiger partial charge < -0.3 is 19.3 Å². The van der Waals surface area contributed by atoms with Gasteiger partial charge in [-0.1, -0.05) is 0 Å². The van der Waals surface area contributed by atoms with Crippen molar-refractivity contribution in [1.82, 2.24) is 19.9 Å². The van der Waals surface area contributed by atoms with E-state index in [9.17, 15) is 9.90 Å². The van der Waals surface area contributed by atoms with Gasteiger partial charge in [-0.15, -0.1) is 0 Å². The number of piperidine rings is 1. The van der Waals surface area contributed by atoms with Crippen molar-refractivity contribution < 1.29 is 14.3 Å². The molecular weight excluding hydrogens is 382 g/mol. The molecule has 1 aliphatic heterocycles. The molecule has 0 radical (unpaired) electrons. The molecule has 8 nitrogen and oxygen atoms in total. The SMILES string of the molecule is O=C(c1cnc(N2CCCCC2)nc1-c1cccnc1)N(CCO)Cc1ccco1. The number of rotatable bonds is 7. The normalized spacial score (nSPS) is 14.0. The van der Waals surface area contributed by atoms with Gasteiger partial charge in [0.2, 0.25) is 5.95 Å². The van der Waals surface area contributed by atoms with Crippen LogP contribution in [0.3, 0.4) is 0 Å². The van der Waals surface area contributed by atoms with Crippen LogP contribution < -0.4 is 4.90 Å². The molecule has 0 unspecified atom stereocenters. The van der Waals surface area contributed by atoms with Crippen molar-refractivity contribution in [3.05, 3.63) is 60.4 Å². The zero-order valence-corrected chi connectivity index (χ0v) is 16.8. The summed E-state index contributed by atoms with van der Waals surface area (Å²) in [6.07, 6.45) is 9.97. The summed E-state index contributed by atoms with van der Waals surface area (Å²) in [6.45, 7) is 2.11. The molecular formula is C22H25N5O3. The van der Waals surface area contributed by atoms with Crippen LogP contribution in [0.25, 0.3) is 11.3 Å². The molecule has 0 saturated carbocycles. The van der Waals surface area contributed by atoms with E-state index in [1.165, 1.54) is 11.3 Å². The molecule has 4 heterocycles. The van der Waals surface area contributed by atoms with Crippen molar-refractivity contribution >= 4 is 11.9 Å². The van der Waals surface area contributed by atoms with Crippen LogP contribution in [0.1, 0.15) is 35.4 Å². The smallest absolute Gasteiger partial charge is 0.258 e. The second kappa shape index (κ2) is 9.49. The first-order chi connectivity index (χ1) is 14.8. The Bertz CT molecular complexity index is 956. The van der Waals surface area contributed by atoms with Gasteiger partial charge in [-0.2, -0.15) is 0 Å². The molecule has 1 fully saturated rings. The summed E-state index contributed by atoms with van der Waals surface area (Å²) in [5.41, 5.74) is 1.68. The molecule has 4 rings (SSSR count). The maximum atomic E-state index is 13.4. The van der Waals surface area contributed by atoms with E-state index in [1.807, 2.05) is 12.1 Å². The summed E-state index contributed by atoms with van der Waals surface area (Å²) in [5.74, 6) is 1.01. The Morgan fingerprint density at radius 1 is 1.17 bits per heavy atom. The zero-order chi connectivity index (χ0) is 20.8. The third-order valence-electron chi connectivity index (χ3n) is 5.16. The molecule has 0 aromatic carbocycles. The molecule has 0 aliphatic carbocycles. The number of pyridine rings is 1. The number of aliphatic hydroxyl groups is 1. The summed E-state index contributed by atoms with van der Waals surface area (Å²) in [5, 5.41) is 9.49. The highest BCUT2D eigenvalue weighted by Crippen LogP contribution is 2.26. The van der Waals surface area contributed by atoms with E-state index in [0.29, 0.717) is 23.0 Å². The van der Waals surface area contributed by atoms with Gasteiger partial charge in [0.05, 0.1) is 30.7 Å². The van der Waals surface area contributed by atoms with Crippen molar-refractivity contribution in [1.29, 1.82) is 0 Å². The van der Waals surface area contributed by atoms with Crippen LogP contribution in [0, 0.1) is 0 Å². The number of hydrogen-bond donors (Lipinski definition) is 1. The number of aliphatic hydroxyl groups excluding tert-OH is 1. The third kappa shape index (κ3) is 4.49. The van der Waals surface area contributed by atoms with Crippen molar-refractivity contribution in [2.75, 3.05) is 31.1 Å². The summed E-state index contributed by atoms with van der Waals surface area (Å²) in [6, 6.07) is 7.28. The van der Waals surface area contributed by atoms with Gasteiger partial charge in [0, 0.05) is 43.8 Å². The number of amides is 1. The zero-order valence-electron chi connectivity index (χ0n) is 16.8. The average molecular weight is 407 g/mol. The minimum Gasteiger partial charge on any atom is -0.467 e. The number of aromatic nitrogens is 3. The standard InChI is InChI=1S/C22H25N5O3/c28-12-11-27(16-18-7-5-13-30-18)21(29)19-15-24-22(26-9-2-1-3-10-26)25-20(19)17-6-4-8-23-14-17/h4-8,13-15,28H,1-3,9-12,16H2. The number of nitrogens with zero attached hydrogens (tertiary/aromatic N) is 5. The largest absolute Gasteiger partial charge is 0.467 e. The van der Waals surface area contributed by atoms with Gasteiger partial charge >= 0.3 is 0 Å². The number of carbonyl (C=O) groups excluding carboxylic acids is 1. The monoisotopic (exact) mass is 407 g/mol. The first kappa shape index (κ1) is 20.0. The first-order valence-corrected chi connectivity index (χ1v) is 10.2. The fourth-order valence-electron chi connectivity index (χ4n) is 3.63. The van der Waals surface area contributed by atoms with E-state index in [-0.39, 0.29) is 25.6 Å². The lowest BCUT2D eigenvalue weighted by molar-refractivity contribution is 0.0695. The van der Waals surface area contributed by atoms with Crippen LogP contribution in [0.2, 0.25) is 0 Å². The second-order valence-corrected chi connectivity index (χ2v) is 7.25. The number of carbonyl (C=O) groups is 1. The molecule has 1 N–H and O–H groups in total. The van der Waals surface area contributed by atoms with Crippen LogP contribution in [-0.2, 0) is 6.54 Å². The number of anilines is 1. The number of hydrogen-bond acceptors (Lipinski definition) is 7. The lowest BCUT2D eigenvalue weighted by atomic mass is 10.1. The lowest BCUT2D eigenvalue weighted by Gasteiger charge is -2.27. The molecule has 30 heavy (non-hydrogen) atoms. The van der Waals surface area contributed by atoms with Crippen molar-refractivity contribution in [2.45, 2.75) is 25.8 Å². The van der Waals surface area contributed by atoms with E-state index in [4.69, 9.17) is 9.40 Å². The lowest BCUT2D eigenvalue weighted by Crippen LogP contribution is -2.34. The van der Waals surface area contributed by atoms with E-state index in [1.54, 1.807) is 37.0 Å².